The summed E-state index contributed by atoms with van der Waals surface area (Å²) in [5.74, 6) is -0.111. The van der Waals surface area contributed by atoms with Crippen LogP contribution in [0.5, 0.6) is 0 Å². The maximum atomic E-state index is 12.7. The van der Waals surface area contributed by atoms with Crippen molar-refractivity contribution in [2.45, 2.75) is 27.7 Å². The van der Waals surface area contributed by atoms with Gasteiger partial charge in [0.2, 0.25) is 0 Å². The van der Waals surface area contributed by atoms with Crippen molar-refractivity contribution in [1.29, 1.82) is 5.26 Å². The Morgan fingerprint density at radius 3 is 2.07 bits per heavy atom. The van der Waals surface area contributed by atoms with Crippen LogP contribution in [0.4, 0.5) is 0 Å². The van der Waals surface area contributed by atoms with Crippen molar-refractivity contribution < 1.29 is 14.3 Å². The van der Waals surface area contributed by atoms with Gasteiger partial charge in [-0.2, -0.15) is 5.26 Å². The smallest absolute Gasteiger partial charge is 0.339 e. The molecule has 0 heterocycles. The molecule has 5 nitrogen and oxygen atoms in total. The maximum absolute atomic E-state index is 12.7. The molecule has 0 unspecified atom stereocenters. The number of hydrogen-bond acceptors (Lipinski definition) is 4. The molecule has 0 N–H and O–H groups in total. The molecule has 0 saturated heterocycles. The minimum absolute atomic E-state index is 0.198. The Morgan fingerprint density at radius 2 is 1.48 bits per heavy atom. The number of esters is 1. The first-order chi connectivity index (χ1) is 13.8. The summed E-state index contributed by atoms with van der Waals surface area (Å²) in [5, 5.41) is 9.37. The zero-order chi connectivity index (χ0) is 21.4. The van der Waals surface area contributed by atoms with E-state index in [1.807, 2.05) is 6.07 Å². The molecule has 2 aromatic carbocycles. The van der Waals surface area contributed by atoms with Crippen LogP contribution >= 0.6 is 0 Å². The number of rotatable bonds is 8. The van der Waals surface area contributed by atoms with E-state index in [9.17, 15) is 14.9 Å². The Kier molecular flexibility index (Phi) is 7.97. The predicted octanol–water partition coefficient (Wildman–Crippen LogP) is 4.52. The molecule has 0 bridgehead atoms. The van der Waals surface area contributed by atoms with Gasteiger partial charge in [0.1, 0.15) is 0 Å². The zero-order valence-corrected chi connectivity index (χ0v) is 17.5. The number of ether oxygens (including phenoxy) is 1. The van der Waals surface area contributed by atoms with Gasteiger partial charge < -0.3 is 9.64 Å². The van der Waals surface area contributed by atoms with Crippen molar-refractivity contribution in [1.82, 2.24) is 4.90 Å². The quantitative estimate of drug-likeness (QED) is 0.619. The third-order valence-corrected chi connectivity index (χ3v) is 4.34. The zero-order valence-electron chi connectivity index (χ0n) is 17.5. The summed E-state index contributed by atoms with van der Waals surface area (Å²) < 4.78 is 5.36. The molecule has 0 aliphatic rings. The Hall–Kier alpha value is -3.13. The maximum Gasteiger partial charge on any atom is 0.339 e. The molecule has 0 saturated carbocycles. The standard InChI is InChI=1S/C24H28N2O3/c1-17(2)14-26(15-18(3)4)23(27)16-29-24(28)22-12-8-7-11-21(22)20-10-6-5-9-19(20)13-25/h5-12,17-18H,14-16H2,1-4H3. The first-order valence-electron chi connectivity index (χ1n) is 9.86. The fraction of sp³-hybridized carbons (Fsp3) is 0.375. The molecular weight excluding hydrogens is 364 g/mol. The van der Waals surface area contributed by atoms with Gasteiger partial charge in [0.15, 0.2) is 6.61 Å². The lowest BCUT2D eigenvalue weighted by atomic mass is 9.96. The second kappa shape index (κ2) is 10.4. The summed E-state index contributed by atoms with van der Waals surface area (Å²) in [4.78, 5) is 27.1. The first kappa shape index (κ1) is 22.2. The number of nitrogens with zero attached hydrogens (tertiary/aromatic N) is 2. The van der Waals surface area contributed by atoms with Crippen molar-refractivity contribution in [3.05, 3.63) is 59.7 Å². The molecule has 2 rings (SSSR count). The summed E-state index contributed by atoms with van der Waals surface area (Å²) >= 11 is 0. The number of benzene rings is 2. The van der Waals surface area contributed by atoms with E-state index in [-0.39, 0.29) is 12.5 Å². The number of amides is 1. The molecule has 5 heteroatoms. The molecule has 0 aromatic heterocycles. The molecular formula is C24H28N2O3. The average molecular weight is 392 g/mol. The van der Waals surface area contributed by atoms with Crippen LogP contribution in [0, 0.1) is 23.2 Å². The fourth-order valence-corrected chi connectivity index (χ4v) is 3.17. The third kappa shape index (κ3) is 6.18. The molecule has 152 valence electrons. The number of nitriles is 1. The summed E-state index contributed by atoms with van der Waals surface area (Å²) in [6.07, 6.45) is 0. The SMILES string of the molecule is CC(C)CN(CC(C)C)C(=O)COC(=O)c1ccccc1-c1ccccc1C#N. The molecule has 0 fully saturated rings. The van der Waals surface area contributed by atoms with Crippen LogP contribution in [-0.2, 0) is 9.53 Å². The lowest BCUT2D eigenvalue weighted by Gasteiger charge is -2.26. The Balaban J connectivity index is 2.18. The lowest BCUT2D eigenvalue weighted by molar-refractivity contribution is -0.135. The summed E-state index contributed by atoms with van der Waals surface area (Å²) in [5.41, 5.74) is 2.09. The topological polar surface area (TPSA) is 70.4 Å². The van der Waals surface area contributed by atoms with Crippen LogP contribution < -0.4 is 0 Å². The molecule has 0 radical (unpaired) electrons. The summed E-state index contributed by atoms with van der Waals surface area (Å²) in [6.45, 7) is 9.16. The van der Waals surface area contributed by atoms with E-state index in [0.29, 0.717) is 47.2 Å². The van der Waals surface area contributed by atoms with Crippen LogP contribution in [0.15, 0.2) is 48.5 Å². The average Bonchev–Trinajstić information content (AvgIpc) is 2.70. The van der Waals surface area contributed by atoms with Crippen molar-refractivity contribution in [3.63, 3.8) is 0 Å². The third-order valence-electron chi connectivity index (χ3n) is 4.34. The van der Waals surface area contributed by atoms with Gasteiger partial charge in [0, 0.05) is 18.7 Å². The molecule has 0 aliphatic carbocycles. The van der Waals surface area contributed by atoms with Gasteiger partial charge in [-0.05, 0) is 29.5 Å². The van der Waals surface area contributed by atoms with Crippen LogP contribution in [0.2, 0.25) is 0 Å². The molecule has 1 amide bonds. The molecule has 2 aromatic rings. The highest BCUT2D eigenvalue weighted by Gasteiger charge is 2.20. The van der Waals surface area contributed by atoms with Gasteiger partial charge in [0.05, 0.1) is 17.2 Å². The Morgan fingerprint density at radius 1 is 0.931 bits per heavy atom. The lowest BCUT2D eigenvalue weighted by Crippen LogP contribution is -2.39. The van der Waals surface area contributed by atoms with Gasteiger partial charge in [-0.3, -0.25) is 4.79 Å². The van der Waals surface area contributed by atoms with Crippen LogP contribution in [0.1, 0.15) is 43.6 Å². The first-order valence-corrected chi connectivity index (χ1v) is 9.86. The minimum atomic E-state index is -0.573. The highest BCUT2D eigenvalue weighted by molar-refractivity contribution is 5.98. The predicted molar refractivity (Wildman–Crippen MR) is 113 cm³/mol. The van der Waals surface area contributed by atoms with Crippen LogP contribution in [0.25, 0.3) is 11.1 Å². The highest BCUT2D eigenvalue weighted by Crippen LogP contribution is 2.27. The number of carbonyl (C=O) groups is 2. The normalized spacial score (nSPS) is 10.7. The largest absolute Gasteiger partial charge is 0.452 e. The van der Waals surface area contributed by atoms with Crippen molar-refractivity contribution in [2.75, 3.05) is 19.7 Å². The van der Waals surface area contributed by atoms with E-state index in [4.69, 9.17) is 4.74 Å². The minimum Gasteiger partial charge on any atom is -0.452 e. The number of carbonyl (C=O) groups excluding carboxylic acids is 2. The monoisotopic (exact) mass is 392 g/mol. The molecule has 0 spiro atoms. The van der Waals surface area contributed by atoms with E-state index in [2.05, 4.69) is 33.8 Å². The van der Waals surface area contributed by atoms with E-state index in [0.717, 1.165) is 0 Å². The molecule has 0 aliphatic heterocycles. The second-order valence-corrected chi connectivity index (χ2v) is 7.87. The van der Waals surface area contributed by atoms with E-state index < -0.39 is 5.97 Å². The van der Waals surface area contributed by atoms with Gasteiger partial charge in [-0.25, -0.2) is 4.79 Å². The highest BCUT2D eigenvalue weighted by atomic mass is 16.5. The van der Waals surface area contributed by atoms with Gasteiger partial charge in [-0.1, -0.05) is 64.1 Å². The van der Waals surface area contributed by atoms with E-state index in [1.54, 1.807) is 47.4 Å². The molecule has 29 heavy (non-hydrogen) atoms. The van der Waals surface area contributed by atoms with Crippen molar-refractivity contribution in [3.8, 4) is 17.2 Å². The Bertz CT molecular complexity index is 887. The summed E-state index contributed by atoms with van der Waals surface area (Å²) in [7, 11) is 0. The second-order valence-electron chi connectivity index (χ2n) is 7.87. The van der Waals surface area contributed by atoms with E-state index in [1.165, 1.54) is 0 Å². The van der Waals surface area contributed by atoms with Crippen molar-refractivity contribution >= 4 is 11.9 Å². The van der Waals surface area contributed by atoms with Gasteiger partial charge in [0.25, 0.3) is 5.91 Å². The van der Waals surface area contributed by atoms with Crippen LogP contribution in [0.3, 0.4) is 0 Å². The van der Waals surface area contributed by atoms with Crippen molar-refractivity contribution in [2.24, 2.45) is 11.8 Å². The molecule has 0 atom stereocenters. The van der Waals surface area contributed by atoms with Crippen LogP contribution in [-0.4, -0.2) is 36.5 Å². The summed E-state index contributed by atoms with van der Waals surface area (Å²) in [6, 6.07) is 16.2. The fourth-order valence-electron chi connectivity index (χ4n) is 3.17. The van der Waals surface area contributed by atoms with Gasteiger partial charge in [-0.15, -0.1) is 0 Å². The van der Waals surface area contributed by atoms with E-state index >= 15 is 0 Å². The number of hydrogen-bond donors (Lipinski definition) is 0. The Labute approximate surface area is 172 Å². The van der Waals surface area contributed by atoms with Gasteiger partial charge >= 0.3 is 5.97 Å².